The van der Waals surface area contributed by atoms with Crippen LogP contribution in [0.3, 0.4) is 0 Å². The lowest BCUT2D eigenvalue weighted by molar-refractivity contribution is -0.128. The van der Waals surface area contributed by atoms with Gasteiger partial charge >= 0.3 is 6.09 Å². The van der Waals surface area contributed by atoms with Crippen LogP contribution in [-0.4, -0.2) is 47.2 Å². The molecule has 0 unspecified atom stereocenters. The Kier molecular flexibility index (Phi) is 8.68. The number of nitrogens with zero attached hydrogens (tertiary/aromatic N) is 1. The van der Waals surface area contributed by atoms with Crippen LogP contribution in [-0.2, 0) is 9.53 Å². The number of ether oxygens (including phenoxy) is 1. The van der Waals surface area contributed by atoms with Crippen LogP contribution in [0.2, 0.25) is 0 Å². The predicted molar refractivity (Wildman–Crippen MR) is 91.0 cm³/mol. The van der Waals surface area contributed by atoms with Gasteiger partial charge in [-0.05, 0) is 20.8 Å². The molecule has 22 heavy (non-hydrogen) atoms. The second-order valence-electron chi connectivity index (χ2n) is 6.67. The van der Waals surface area contributed by atoms with Crippen LogP contribution in [0.4, 0.5) is 4.79 Å². The number of carbonyl (C=O) groups is 2. The number of nitrogens with one attached hydrogen (secondary N) is 1. The van der Waals surface area contributed by atoms with Crippen LogP contribution < -0.4 is 5.32 Å². The molecule has 1 saturated heterocycles. The van der Waals surface area contributed by atoms with Gasteiger partial charge < -0.3 is 15.0 Å². The third kappa shape index (κ3) is 9.18. The molecule has 1 saturated carbocycles. The van der Waals surface area contributed by atoms with Gasteiger partial charge in [-0.15, -0.1) is 11.8 Å². The highest BCUT2D eigenvalue weighted by molar-refractivity contribution is 7.99. The summed E-state index contributed by atoms with van der Waals surface area (Å²) in [5.74, 6) is 1.63. The Labute approximate surface area is 138 Å². The normalized spacial score (nSPS) is 18.2. The van der Waals surface area contributed by atoms with Gasteiger partial charge in [0, 0.05) is 12.3 Å². The van der Waals surface area contributed by atoms with Crippen LogP contribution in [0.15, 0.2) is 0 Å². The summed E-state index contributed by atoms with van der Waals surface area (Å²) in [6.07, 6.45) is 8.45. The third-order valence-electron chi connectivity index (χ3n) is 3.39. The standard InChI is InChI=1S/C10H18N2O3S.C6H12/c1-10(2,3)15-9(14)11-6-8(13)12-4-5-16-7-12;1-2-4-6-5-3-1/h4-7H2,1-3H3,(H,11,14);1-6H2. The molecule has 1 heterocycles. The largest absolute Gasteiger partial charge is 0.444 e. The van der Waals surface area contributed by atoms with E-state index in [-0.39, 0.29) is 12.5 Å². The Morgan fingerprint density at radius 1 is 1.09 bits per heavy atom. The lowest BCUT2D eigenvalue weighted by atomic mass is 10.0. The molecule has 0 atom stereocenters. The van der Waals surface area contributed by atoms with Gasteiger partial charge in [-0.2, -0.15) is 0 Å². The fourth-order valence-corrected chi connectivity index (χ4v) is 3.22. The molecule has 2 rings (SSSR count). The summed E-state index contributed by atoms with van der Waals surface area (Å²) in [7, 11) is 0. The quantitative estimate of drug-likeness (QED) is 0.843. The van der Waals surface area contributed by atoms with Gasteiger partial charge in [0.05, 0.1) is 5.88 Å². The Balaban J connectivity index is 0.000000335. The zero-order valence-corrected chi connectivity index (χ0v) is 15.0. The average molecular weight is 330 g/mol. The van der Waals surface area contributed by atoms with Gasteiger partial charge in [0.15, 0.2) is 0 Å². The summed E-state index contributed by atoms with van der Waals surface area (Å²) in [4.78, 5) is 24.6. The van der Waals surface area contributed by atoms with Gasteiger partial charge in [0.25, 0.3) is 0 Å². The van der Waals surface area contributed by atoms with E-state index in [2.05, 4.69) is 5.32 Å². The number of amides is 2. The van der Waals surface area contributed by atoms with Crippen LogP contribution in [0.1, 0.15) is 59.3 Å². The van der Waals surface area contributed by atoms with Gasteiger partial charge in [-0.25, -0.2) is 4.79 Å². The second kappa shape index (κ2) is 9.98. The van der Waals surface area contributed by atoms with E-state index in [1.807, 2.05) is 0 Å². The van der Waals surface area contributed by atoms with Crippen molar-refractivity contribution in [2.45, 2.75) is 64.9 Å². The summed E-state index contributed by atoms with van der Waals surface area (Å²) < 4.78 is 5.02. The van der Waals surface area contributed by atoms with E-state index < -0.39 is 11.7 Å². The van der Waals surface area contributed by atoms with Crippen LogP contribution in [0.5, 0.6) is 0 Å². The van der Waals surface area contributed by atoms with E-state index in [4.69, 9.17) is 4.74 Å². The number of alkyl carbamates (subject to hydrolysis) is 1. The van der Waals surface area contributed by atoms with Crippen molar-refractivity contribution in [3.8, 4) is 0 Å². The molecule has 1 aliphatic heterocycles. The third-order valence-corrected chi connectivity index (χ3v) is 4.35. The first-order chi connectivity index (χ1) is 10.4. The van der Waals surface area contributed by atoms with Crippen molar-refractivity contribution in [3.05, 3.63) is 0 Å². The van der Waals surface area contributed by atoms with Crippen LogP contribution in [0, 0.1) is 0 Å². The lowest BCUT2D eigenvalue weighted by Gasteiger charge is -2.20. The maximum atomic E-state index is 11.6. The molecule has 1 aliphatic carbocycles. The minimum Gasteiger partial charge on any atom is -0.444 e. The predicted octanol–water partition coefficient (Wildman–Crippen LogP) is 3.38. The SMILES string of the molecule is C1CCCCC1.CC(C)(C)OC(=O)NCC(=O)N1CCSC1. The zero-order valence-electron chi connectivity index (χ0n) is 14.2. The first-order valence-electron chi connectivity index (χ1n) is 8.21. The molecule has 1 N–H and O–H groups in total. The summed E-state index contributed by atoms with van der Waals surface area (Å²) in [5.41, 5.74) is -0.531. The van der Waals surface area contributed by atoms with E-state index in [1.165, 1.54) is 38.5 Å². The van der Waals surface area contributed by atoms with Crippen molar-refractivity contribution < 1.29 is 14.3 Å². The van der Waals surface area contributed by atoms with E-state index in [0.717, 1.165) is 18.2 Å². The molecule has 0 aromatic carbocycles. The Bertz CT molecular complexity index is 334. The molecule has 0 aromatic rings. The number of rotatable bonds is 2. The fourth-order valence-electron chi connectivity index (χ4n) is 2.25. The van der Waals surface area contributed by atoms with Crippen LogP contribution in [0.25, 0.3) is 0 Å². The highest BCUT2D eigenvalue weighted by atomic mass is 32.2. The Hall–Kier alpha value is -0.910. The van der Waals surface area contributed by atoms with Crippen molar-refractivity contribution in [2.75, 3.05) is 24.7 Å². The van der Waals surface area contributed by atoms with Crippen LogP contribution >= 0.6 is 11.8 Å². The summed E-state index contributed by atoms with van der Waals surface area (Å²) in [5, 5.41) is 2.45. The molecule has 0 bridgehead atoms. The molecule has 0 spiro atoms. The number of hydrogen-bond donors (Lipinski definition) is 1. The minimum atomic E-state index is -0.548. The number of carbonyl (C=O) groups excluding carboxylic acids is 2. The van der Waals surface area contributed by atoms with E-state index in [0.29, 0.717) is 0 Å². The highest BCUT2D eigenvalue weighted by Crippen LogP contribution is 2.15. The molecular weight excluding hydrogens is 300 g/mol. The minimum absolute atomic E-state index is 0.00940. The zero-order chi connectivity index (χ0) is 16.4. The van der Waals surface area contributed by atoms with Gasteiger partial charge in [-0.1, -0.05) is 38.5 Å². The van der Waals surface area contributed by atoms with Crippen molar-refractivity contribution in [1.82, 2.24) is 10.2 Å². The van der Waals surface area contributed by atoms with E-state index in [1.54, 1.807) is 37.4 Å². The Morgan fingerprint density at radius 2 is 1.64 bits per heavy atom. The van der Waals surface area contributed by atoms with E-state index >= 15 is 0 Å². The number of thioether (sulfide) groups is 1. The summed E-state index contributed by atoms with van der Waals surface area (Å²) in [6.45, 7) is 6.12. The smallest absolute Gasteiger partial charge is 0.408 e. The number of hydrogen-bond acceptors (Lipinski definition) is 4. The molecule has 0 radical (unpaired) electrons. The van der Waals surface area contributed by atoms with Crippen molar-refractivity contribution in [2.24, 2.45) is 0 Å². The van der Waals surface area contributed by atoms with Crippen molar-refractivity contribution in [1.29, 1.82) is 0 Å². The first kappa shape index (κ1) is 19.1. The average Bonchev–Trinajstić information content (AvgIpc) is 3.00. The highest BCUT2D eigenvalue weighted by Gasteiger charge is 2.20. The summed E-state index contributed by atoms with van der Waals surface area (Å²) in [6, 6.07) is 0. The molecule has 128 valence electrons. The first-order valence-corrected chi connectivity index (χ1v) is 9.36. The molecule has 2 fully saturated rings. The van der Waals surface area contributed by atoms with Gasteiger partial charge in [0.2, 0.25) is 5.91 Å². The molecule has 0 aromatic heterocycles. The van der Waals surface area contributed by atoms with Gasteiger partial charge in [0.1, 0.15) is 12.1 Å². The molecule has 2 amide bonds. The molecule has 5 nitrogen and oxygen atoms in total. The molecule has 6 heteroatoms. The Morgan fingerprint density at radius 3 is 2.05 bits per heavy atom. The van der Waals surface area contributed by atoms with Crippen molar-refractivity contribution in [3.63, 3.8) is 0 Å². The van der Waals surface area contributed by atoms with Gasteiger partial charge in [-0.3, -0.25) is 4.79 Å². The maximum absolute atomic E-state index is 11.6. The fraction of sp³-hybridized carbons (Fsp3) is 0.875. The lowest BCUT2D eigenvalue weighted by Crippen LogP contribution is -2.40. The topological polar surface area (TPSA) is 58.6 Å². The van der Waals surface area contributed by atoms with E-state index in [9.17, 15) is 9.59 Å². The molecule has 2 aliphatic rings. The monoisotopic (exact) mass is 330 g/mol. The van der Waals surface area contributed by atoms with Crippen molar-refractivity contribution >= 4 is 23.8 Å². The maximum Gasteiger partial charge on any atom is 0.408 e. The summed E-state index contributed by atoms with van der Waals surface area (Å²) >= 11 is 1.72. The second-order valence-corrected chi connectivity index (χ2v) is 7.75. The molecular formula is C16H30N2O3S.